The van der Waals surface area contributed by atoms with Crippen molar-refractivity contribution in [2.24, 2.45) is 7.05 Å². The van der Waals surface area contributed by atoms with Crippen LogP contribution in [-0.4, -0.2) is 85.5 Å². The average molecular weight is 633 g/mol. The molecule has 3 aromatic rings. The predicted octanol–water partition coefficient (Wildman–Crippen LogP) is 3.33. The zero-order valence-corrected chi connectivity index (χ0v) is 25.2. The van der Waals surface area contributed by atoms with Gasteiger partial charge in [-0.05, 0) is 66.9 Å². The normalized spacial score (nSPS) is 19.2. The first-order chi connectivity index (χ1) is 21.1. The number of carbonyl (C=O) groups is 1. The van der Waals surface area contributed by atoms with E-state index < -0.39 is 35.8 Å². The summed E-state index contributed by atoms with van der Waals surface area (Å²) in [6, 6.07) is 6.39. The van der Waals surface area contributed by atoms with Gasteiger partial charge in [0.05, 0.1) is 43.1 Å². The molecule has 44 heavy (non-hydrogen) atoms. The van der Waals surface area contributed by atoms with Gasteiger partial charge in [0.2, 0.25) is 0 Å². The fourth-order valence-electron chi connectivity index (χ4n) is 6.11. The molecule has 2 aromatic heterocycles. The summed E-state index contributed by atoms with van der Waals surface area (Å²) in [5.41, 5.74) is -0.0485. The van der Waals surface area contributed by atoms with Crippen molar-refractivity contribution < 1.29 is 32.9 Å². The molecule has 2 saturated heterocycles. The second-order valence-electron chi connectivity index (χ2n) is 11.9. The monoisotopic (exact) mass is 632 g/mol. The minimum atomic E-state index is -4.63. The van der Waals surface area contributed by atoms with Gasteiger partial charge in [0, 0.05) is 36.7 Å². The second kappa shape index (κ2) is 12.4. The van der Waals surface area contributed by atoms with Crippen molar-refractivity contribution in [1.29, 1.82) is 0 Å². The Labute approximate surface area is 257 Å². The molecule has 1 atom stereocenters. The molecule has 1 amide bonds. The van der Waals surface area contributed by atoms with E-state index in [9.17, 15) is 28.2 Å². The fourth-order valence-corrected chi connectivity index (χ4v) is 6.94. The lowest BCUT2D eigenvalue weighted by atomic mass is 9.76. The van der Waals surface area contributed by atoms with Crippen LogP contribution in [0.1, 0.15) is 57.7 Å². The Morgan fingerprint density at radius 3 is 2.55 bits per heavy atom. The van der Waals surface area contributed by atoms with E-state index in [1.807, 2.05) is 17.7 Å². The van der Waals surface area contributed by atoms with Gasteiger partial charge < -0.3 is 19.5 Å². The van der Waals surface area contributed by atoms with Crippen LogP contribution in [0.25, 0.3) is 0 Å². The summed E-state index contributed by atoms with van der Waals surface area (Å²) >= 11 is 1.20. The fraction of sp³-hybridized carbons (Fsp3) is 0.533. The van der Waals surface area contributed by atoms with E-state index in [0.717, 1.165) is 43.7 Å². The van der Waals surface area contributed by atoms with Crippen LogP contribution in [0.5, 0.6) is 0 Å². The van der Waals surface area contributed by atoms with Gasteiger partial charge in [0.15, 0.2) is 0 Å². The lowest BCUT2D eigenvalue weighted by Gasteiger charge is -2.42. The van der Waals surface area contributed by atoms with Gasteiger partial charge in [-0.15, -0.1) is 22.0 Å². The highest BCUT2D eigenvalue weighted by Crippen LogP contribution is 2.42. The minimum absolute atomic E-state index is 0.0460. The zero-order valence-electron chi connectivity index (χ0n) is 24.4. The Bertz CT molecular complexity index is 1520. The lowest BCUT2D eigenvalue weighted by Crippen LogP contribution is -2.49. The Balaban J connectivity index is 1.37. The molecule has 236 valence electrons. The number of aliphatic hydroxyl groups excluding tert-OH is 2. The van der Waals surface area contributed by atoms with E-state index in [4.69, 9.17) is 4.74 Å². The number of thioether (sulfide) groups is 1. The van der Waals surface area contributed by atoms with Gasteiger partial charge in [0.25, 0.3) is 5.91 Å². The number of hydrogen-bond acceptors (Lipinski definition) is 9. The Morgan fingerprint density at radius 2 is 1.91 bits per heavy atom. The van der Waals surface area contributed by atoms with Crippen LogP contribution >= 0.6 is 11.8 Å². The van der Waals surface area contributed by atoms with E-state index in [1.165, 1.54) is 22.7 Å². The number of pyridine rings is 1. The highest BCUT2D eigenvalue weighted by atomic mass is 32.2. The average Bonchev–Trinajstić information content (AvgIpc) is 3.54. The maximum atomic E-state index is 14.4. The number of ether oxygens (including phenoxy) is 1. The molecule has 14 heteroatoms. The maximum absolute atomic E-state index is 14.4. The van der Waals surface area contributed by atoms with Crippen LogP contribution in [-0.2, 0) is 42.9 Å². The van der Waals surface area contributed by atoms with Crippen molar-refractivity contribution in [2.75, 3.05) is 43.6 Å². The van der Waals surface area contributed by atoms with Gasteiger partial charge in [-0.25, -0.2) is 4.98 Å². The summed E-state index contributed by atoms with van der Waals surface area (Å²) in [6.07, 6.45) is -0.398. The topological polar surface area (TPSA) is 117 Å². The van der Waals surface area contributed by atoms with Gasteiger partial charge >= 0.3 is 6.18 Å². The molecule has 0 aliphatic carbocycles. The summed E-state index contributed by atoms with van der Waals surface area (Å²) in [5.74, 6) is 0.567. The Morgan fingerprint density at radius 1 is 1.14 bits per heavy atom. The number of piperidine rings is 1. The van der Waals surface area contributed by atoms with Gasteiger partial charge in [-0.1, -0.05) is 6.42 Å². The standard InChI is InChI=1S/C30H35F3N6O4S/c1-37-18-34-36-26(37)11-29(16-43-17-29)20-9-25(35-27(10-20)44-15-21(41)14-40)39-13-23-22(28(39)42)7-19(8-24(23)30(31,32)33)12-38-5-3-2-4-6-38/h7-10,18,21,40-41H,2-6,11-17H2,1H3. The smallest absolute Gasteiger partial charge is 0.394 e. The molecule has 1 unspecified atom stereocenters. The third-order valence-electron chi connectivity index (χ3n) is 8.63. The molecule has 6 rings (SSSR count). The van der Waals surface area contributed by atoms with Gasteiger partial charge in [-0.3, -0.25) is 14.6 Å². The minimum Gasteiger partial charge on any atom is -0.394 e. The number of aryl methyl sites for hydroxylation is 1. The van der Waals surface area contributed by atoms with Crippen LogP contribution in [0.15, 0.2) is 35.6 Å². The van der Waals surface area contributed by atoms with E-state index in [1.54, 1.807) is 18.5 Å². The molecule has 0 saturated carbocycles. The molecule has 3 aliphatic rings. The van der Waals surface area contributed by atoms with Gasteiger partial charge in [-0.2, -0.15) is 13.2 Å². The quantitative estimate of drug-likeness (QED) is 0.325. The van der Waals surface area contributed by atoms with Crippen molar-refractivity contribution >= 4 is 23.5 Å². The van der Waals surface area contributed by atoms with Crippen LogP contribution in [0.3, 0.4) is 0 Å². The molecule has 2 fully saturated rings. The molecule has 0 spiro atoms. The summed E-state index contributed by atoms with van der Waals surface area (Å²) < 4.78 is 50.6. The molecule has 3 aliphatic heterocycles. The first-order valence-electron chi connectivity index (χ1n) is 14.7. The number of benzene rings is 1. The lowest BCUT2D eigenvalue weighted by molar-refractivity contribution is -0.138. The summed E-state index contributed by atoms with van der Waals surface area (Å²) in [4.78, 5) is 22.0. The zero-order chi connectivity index (χ0) is 31.1. The first-order valence-corrected chi connectivity index (χ1v) is 15.7. The van der Waals surface area contributed by atoms with Crippen LogP contribution in [0.4, 0.5) is 19.0 Å². The third-order valence-corrected chi connectivity index (χ3v) is 9.69. The van der Waals surface area contributed by atoms with E-state index in [2.05, 4.69) is 20.1 Å². The predicted molar refractivity (Wildman–Crippen MR) is 156 cm³/mol. The van der Waals surface area contributed by atoms with Crippen molar-refractivity contribution in [3.63, 3.8) is 0 Å². The molecule has 10 nitrogen and oxygen atoms in total. The number of anilines is 1. The largest absolute Gasteiger partial charge is 0.416 e. The molecule has 5 heterocycles. The van der Waals surface area contributed by atoms with Crippen molar-refractivity contribution in [1.82, 2.24) is 24.6 Å². The maximum Gasteiger partial charge on any atom is 0.416 e. The molecular weight excluding hydrogens is 597 g/mol. The first kappa shape index (κ1) is 31.0. The van der Waals surface area contributed by atoms with E-state index in [-0.39, 0.29) is 29.2 Å². The second-order valence-corrected chi connectivity index (χ2v) is 12.9. The summed E-state index contributed by atoms with van der Waals surface area (Å²) in [5, 5.41) is 28.0. The number of alkyl halides is 3. The third kappa shape index (κ3) is 6.23. The van der Waals surface area contributed by atoms with Crippen molar-refractivity contribution in [2.45, 2.75) is 61.5 Å². The Kier molecular flexibility index (Phi) is 8.72. The van der Waals surface area contributed by atoms with Crippen LogP contribution in [0.2, 0.25) is 0 Å². The number of likely N-dealkylation sites (tertiary alicyclic amines) is 1. The molecule has 1 aromatic carbocycles. The number of rotatable bonds is 10. The SMILES string of the molecule is Cn1cnnc1CC1(c2cc(SCC(O)CO)nc(N3Cc4c(cc(CN5CCCCC5)cc4C(F)(F)F)C3=O)c2)COC1. The molecule has 2 N–H and O–H groups in total. The van der Waals surface area contributed by atoms with E-state index in [0.29, 0.717) is 36.8 Å². The number of aliphatic hydroxyl groups is 2. The number of aromatic nitrogens is 4. The summed E-state index contributed by atoms with van der Waals surface area (Å²) in [6.45, 7) is 2.05. The number of hydrogen-bond donors (Lipinski definition) is 2. The van der Waals surface area contributed by atoms with Crippen LogP contribution < -0.4 is 4.90 Å². The number of amides is 1. The molecular formula is C30H35F3N6O4S. The number of carbonyl (C=O) groups excluding carboxylic acids is 1. The van der Waals surface area contributed by atoms with Gasteiger partial charge in [0.1, 0.15) is 18.0 Å². The highest BCUT2D eigenvalue weighted by Gasteiger charge is 2.44. The summed E-state index contributed by atoms with van der Waals surface area (Å²) in [7, 11) is 1.84. The van der Waals surface area contributed by atoms with Crippen molar-refractivity contribution in [3.05, 3.63) is 64.2 Å². The van der Waals surface area contributed by atoms with Crippen LogP contribution in [0, 0.1) is 0 Å². The number of fused-ring (bicyclic) bond motifs is 1. The van der Waals surface area contributed by atoms with E-state index >= 15 is 0 Å². The number of nitrogens with zero attached hydrogens (tertiary/aromatic N) is 6. The Hall–Kier alpha value is -3.04. The van der Waals surface area contributed by atoms with Crippen molar-refractivity contribution in [3.8, 4) is 0 Å². The highest BCUT2D eigenvalue weighted by molar-refractivity contribution is 7.99. The number of halogens is 3. The molecule has 0 radical (unpaired) electrons. The molecule has 0 bridgehead atoms.